The zero-order valence-corrected chi connectivity index (χ0v) is 20.8. The third kappa shape index (κ3) is 4.57. The van der Waals surface area contributed by atoms with E-state index in [0.29, 0.717) is 23.5 Å². The van der Waals surface area contributed by atoms with Crippen molar-refractivity contribution in [2.24, 2.45) is 5.92 Å². The quantitative estimate of drug-likeness (QED) is 0.327. The van der Waals surface area contributed by atoms with Gasteiger partial charge < -0.3 is 19.9 Å². The zero-order valence-electron chi connectivity index (χ0n) is 20.0. The fourth-order valence-electron chi connectivity index (χ4n) is 5.32. The molecule has 2 atom stereocenters. The molecule has 38 heavy (non-hydrogen) atoms. The molecule has 13 heteroatoms. The third-order valence-corrected chi connectivity index (χ3v) is 7.56. The summed E-state index contributed by atoms with van der Waals surface area (Å²) in [5.41, 5.74) is 0.949. The first-order chi connectivity index (χ1) is 18.3. The van der Waals surface area contributed by atoms with Crippen molar-refractivity contribution in [2.45, 2.75) is 37.3 Å². The van der Waals surface area contributed by atoms with Crippen molar-refractivity contribution in [3.05, 3.63) is 47.8 Å². The second kappa shape index (κ2) is 9.57. The van der Waals surface area contributed by atoms with E-state index in [1.165, 1.54) is 24.5 Å². The van der Waals surface area contributed by atoms with Crippen LogP contribution < -0.4 is 15.0 Å². The Bertz CT molecular complexity index is 1420. The summed E-state index contributed by atoms with van der Waals surface area (Å²) < 4.78 is 46.7. The Hall–Kier alpha value is -3.67. The van der Waals surface area contributed by atoms with Crippen molar-refractivity contribution in [2.75, 3.05) is 29.9 Å². The first kappa shape index (κ1) is 24.7. The summed E-state index contributed by atoms with van der Waals surface area (Å²) in [7, 11) is 0. The number of nitrogens with one attached hydrogen (secondary N) is 1. The van der Waals surface area contributed by atoms with E-state index < -0.39 is 11.7 Å². The van der Waals surface area contributed by atoms with Crippen LogP contribution in [0.2, 0.25) is 5.02 Å². The summed E-state index contributed by atoms with van der Waals surface area (Å²) in [5, 5.41) is 2.69. The van der Waals surface area contributed by atoms with Crippen LogP contribution in [0, 0.1) is 11.7 Å². The van der Waals surface area contributed by atoms with Crippen molar-refractivity contribution < 1.29 is 22.7 Å². The summed E-state index contributed by atoms with van der Waals surface area (Å²) in [4.78, 5) is 32.6. The van der Waals surface area contributed by atoms with Crippen LogP contribution in [0.3, 0.4) is 0 Å². The number of anilines is 3. The predicted molar refractivity (Wildman–Crippen MR) is 134 cm³/mol. The van der Waals surface area contributed by atoms with Crippen molar-refractivity contribution in [3.8, 4) is 5.75 Å². The van der Waals surface area contributed by atoms with Gasteiger partial charge in [0.15, 0.2) is 11.6 Å². The fraction of sp³-hybridized carbons (Fsp3) is 0.400. The van der Waals surface area contributed by atoms with E-state index in [1.54, 1.807) is 6.20 Å². The average Bonchev–Trinajstić information content (AvgIpc) is 3.49. The summed E-state index contributed by atoms with van der Waals surface area (Å²) in [6.07, 6.45) is 7.44. The minimum atomic E-state index is -2.65. The van der Waals surface area contributed by atoms with E-state index in [9.17, 15) is 13.6 Å². The number of allylic oxidation sites excluding steroid dienone is 1. The number of piperazine rings is 1. The highest BCUT2D eigenvalue weighted by atomic mass is 35.5. The van der Waals surface area contributed by atoms with Gasteiger partial charge in [-0.3, -0.25) is 4.79 Å². The number of likely N-dealkylation sites (tertiary alicyclic amines) is 1. The second-order valence-corrected chi connectivity index (χ2v) is 10.2. The van der Waals surface area contributed by atoms with Crippen molar-refractivity contribution in [1.82, 2.24) is 24.8 Å². The van der Waals surface area contributed by atoms with Gasteiger partial charge in [-0.2, -0.15) is 0 Å². The van der Waals surface area contributed by atoms with E-state index in [1.807, 2.05) is 6.20 Å². The minimum Gasteiger partial charge on any atom is -0.492 e. The molecule has 9 nitrogen and oxygen atoms in total. The molecular formula is C25H23ClF3N7O2. The molecule has 1 saturated carbocycles. The lowest BCUT2D eigenvalue weighted by Crippen LogP contribution is -2.44. The molecule has 0 unspecified atom stereocenters. The van der Waals surface area contributed by atoms with Crippen LogP contribution in [0.5, 0.6) is 5.75 Å². The van der Waals surface area contributed by atoms with Gasteiger partial charge in [0.1, 0.15) is 34.4 Å². The Morgan fingerprint density at radius 1 is 1.18 bits per heavy atom. The molecular weight excluding hydrogens is 523 g/mol. The Morgan fingerprint density at radius 3 is 2.76 bits per heavy atom. The number of rotatable bonds is 8. The standard InChI is InChI=1S/C25H23ClF3N7O2/c26-20-19(38-12-14-7-25(28,29)8-14)3-2-17(21(20)27)33-23-22-18(31-13-32-23)9-30-24(34-22)36-11-15-6-16(36)10-35(15)4-1-5-37/h1-5,9,13-16H,6-8,10-12H2,(H,31,32,33)/b4-1+/t15-,16-/m0/s1. The van der Waals surface area contributed by atoms with Crippen LogP contribution in [-0.4, -0.2) is 68.8 Å². The van der Waals surface area contributed by atoms with Crippen molar-refractivity contribution >= 4 is 46.4 Å². The normalized spacial score (nSPS) is 22.3. The first-order valence-electron chi connectivity index (χ1n) is 12.2. The molecule has 1 aliphatic carbocycles. The minimum absolute atomic E-state index is 0.0429. The van der Waals surface area contributed by atoms with Gasteiger partial charge in [-0.1, -0.05) is 11.6 Å². The first-order valence-corrected chi connectivity index (χ1v) is 12.6. The Labute approximate surface area is 220 Å². The number of alkyl halides is 2. The van der Waals surface area contributed by atoms with E-state index in [2.05, 4.69) is 30.1 Å². The van der Waals surface area contributed by atoms with Crippen LogP contribution in [0.25, 0.3) is 11.0 Å². The molecule has 3 aromatic rings. The molecule has 0 spiro atoms. The highest BCUT2D eigenvalue weighted by Crippen LogP contribution is 2.43. The van der Waals surface area contributed by atoms with Crippen LogP contribution >= 0.6 is 11.6 Å². The molecule has 198 valence electrons. The predicted octanol–water partition coefficient (Wildman–Crippen LogP) is 4.36. The molecule has 2 bridgehead atoms. The molecule has 6 rings (SSSR count). The van der Waals surface area contributed by atoms with Crippen LogP contribution in [0.15, 0.2) is 36.9 Å². The molecule has 1 N–H and O–H groups in total. The number of aldehydes is 1. The number of hydrogen-bond acceptors (Lipinski definition) is 9. The number of nitrogens with zero attached hydrogens (tertiary/aromatic N) is 6. The fourth-order valence-corrected chi connectivity index (χ4v) is 5.54. The number of benzene rings is 1. The number of fused-ring (bicyclic) bond motifs is 3. The van der Waals surface area contributed by atoms with E-state index in [-0.39, 0.29) is 59.7 Å². The maximum Gasteiger partial charge on any atom is 0.248 e. The van der Waals surface area contributed by atoms with E-state index in [4.69, 9.17) is 21.3 Å². The zero-order chi connectivity index (χ0) is 26.4. The maximum atomic E-state index is 15.1. The molecule has 4 heterocycles. The van der Waals surface area contributed by atoms with E-state index >= 15 is 4.39 Å². The summed E-state index contributed by atoms with van der Waals surface area (Å²) in [5.74, 6) is -2.81. The maximum absolute atomic E-state index is 15.1. The van der Waals surface area contributed by atoms with Gasteiger partial charge in [0.25, 0.3) is 0 Å². The number of carbonyl (C=O) groups is 1. The lowest BCUT2D eigenvalue weighted by molar-refractivity contribution is -0.119. The molecule has 3 fully saturated rings. The van der Waals surface area contributed by atoms with Crippen LogP contribution in [0.1, 0.15) is 19.3 Å². The van der Waals surface area contributed by atoms with Gasteiger partial charge in [-0.25, -0.2) is 33.1 Å². The molecule has 2 saturated heterocycles. The number of halogens is 4. The highest BCUT2D eigenvalue weighted by molar-refractivity contribution is 6.32. The van der Waals surface area contributed by atoms with Gasteiger partial charge in [0.05, 0.1) is 24.5 Å². The molecule has 0 amide bonds. The van der Waals surface area contributed by atoms with Crippen LogP contribution in [0.4, 0.5) is 30.6 Å². The Kier molecular flexibility index (Phi) is 6.21. The van der Waals surface area contributed by atoms with Crippen molar-refractivity contribution in [3.63, 3.8) is 0 Å². The van der Waals surface area contributed by atoms with Gasteiger partial charge in [-0.15, -0.1) is 0 Å². The Balaban J connectivity index is 1.20. The average molecular weight is 546 g/mol. The molecule has 1 aromatic carbocycles. The van der Waals surface area contributed by atoms with Gasteiger partial charge >= 0.3 is 0 Å². The SMILES string of the molecule is O=C/C=C/N1C[C@@H]2C[C@H]1CN2c1ncc2ncnc(Nc3ccc(OCC4CC(F)(F)C4)c(Cl)c3F)c2n1. The summed E-state index contributed by atoms with van der Waals surface area (Å²) in [6, 6.07) is 3.39. The largest absolute Gasteiger partial charge is 0.492 e. The number of hydrogen-bond donors (Lipinski definition) is 1. The topological polar surface area (TPSA) is 96.4 Å². The Morgan fingerprint density at radius 2 is 2.03 bits per heavy atom. The highest BCUT2D eigenvalue weighted by Gasteiger charge is 2.45. The molecule has 2 aromatic heterocycles. The second-order valence-electron chi connectivity index (χ2n) is 9.80. The summed E-state index contributed by atoms with van der Waals surface area (Å²) in [6.45, 7) is 1.51. The van der Waals surface area contributed by atoms with Gasteiger partial charge in [0, 0.05) is 44.1 Å². The van der Waals surface area contributed by atoms with E-state index in [0.717, 1.165) is 19.3 Å². The van der Waals surface area contributed by atoms with Crippen molar-refractivity contribution in [1.29, 1.82) is 0 Å². The number of aromatic nitrogens is 4. The summed E-state index contributed by atoms with van der Waals surface area (Å²) >= 11 is 6.19. The smallest absolute Gasteiger partial charge is 0.248 e. The monoisotopic (exact) mass is 545 g/mol. The van der Waals surface area contributed by atoms with Gasteiger partial charge in [0.2, 0.25) is 11.9 Å². The molecule has 2 aliphatic heterocycles. The lowest BCUT2D eigenvalue weighted by Gasteiger charge is -2.34. The van der Waals surface area contributed by atoms with Crippen LogP contribution in [-0.2, 0) is 4.79 Å². The number of ether oxygens (including phenoxy) is 1. The number of carbonyl (C=O) groups excluding carboxylic acids is 1. The molecule has 3 aliphatic rings. The lowest BCUT2D eigenvalue weighted by atomic mass is 9.82. The van der Waals surface area contributed by atoms with Gasteiger partial charge in [-0.05, 0) is 24.6 Å². The molecule has 0 radical (unpaired) electrons. The third-order valence-electron chi connectivity index (χ3n) is 7.21.